The fourth-order valence-electron chi connectivity index (χ4n) is 3.04. The van der Waals surface area contributed by atoms with Crippen molar-refractivity contribution >= 4 is 22.9 Å². The van der Waals surface area contributed by atoms with Crippen LogP contribution >= 0.6 is 12.2 Å². The molecule has 1 heterocycles. The zero-order valence-electron chi connectivity index (χ0n) is 12.1. The van der Waals surface area contributed by atoms with Gasteiger partial charge in [-0.05, 0) is 44.4 Å². The number of thiocarbonyl (C=S) groups is 1. The monoisotopic (exact) mass is 316 g/mol. The van der Waals surface area contributed by atoms with Crippen molar-refractivity contribution in [3.05, 3.63) is 29.3 Å². The first-order chi connectivity index (χ1) is 9.75. The lowest BCUT2D eigenvalue weighted by atomic mass is 10.0. The summed E-state index contributed by atoms with van der Waals surface area (Å²) in [6.07, 6.45) is -1.38. The van der Waals surface area contributed by atoms with Crippen molar-refractivity contribution in [1.29, 1.82) is 0 Å². The van der Waals surface area contributed by atoms with Crippen LogP contribution in [0.1, 0.15) is 44.2 Å². The molecule has 1 saturated heterocycles. The zero-order valence-corrected chi connectivity index (χ0v) is 12.9. The second-order valence-corrected chi connectivity index (χ2v) is 5.93. The van der Waals surface area contributed by atoms with E-state index in [2.05, 4.69) is 18.7 Å². The summed E-state index contributed by atoms with van der Waals surface area (Å²) in [6, 6.07) is 4.27. The molecule has 2 N–H and O–H groups in total. The molecule has 2 atom stereocenters. The molecule has 1 aromatic rings. The smallest absolute Gasteiger partial charge is 0.389 e. The van der Waals surface area contributed by atoms with Crippen LogP contribution in [-0.4, -0.2) is 17.1 Å². The Kier molecular flexibility index (Phi) is 4.46. The number of hydrogen-bond donors (Lipinski definition) is 1. The Hall–Kier alpha value is -1.30. The van der Waals surface area contributed by atoms with Crippen LogP contribution in [0.5, 0.6) is 0 Å². The van der Waals surface area contributed by atoms with Gasteiger partial charge in [-0.25, -0.2) is 0 Å². The molecule has 0 saturated carbocycles. The minimum atomic E-state index is -4.39. The average Bonchev–Trinajstić information content (AvgIpc) is 2.77. The molecule has 2 rings (SSSR count). The highest BCUT2D eigenvalue weighted by Crippen LogP contribution is 2.37. The third-order valence-electron chi connectivity index (χ3n) is 4.12. The number of nitrogens with zero attached hydrogens (tertiary/aromatic N) is 1. The minimum absolute atomic E-state index is 0.00468. The van der Waals surface area contributed by atoms with E-state index in [1.54, 1.807) is 0 Å². The van der Waals surface area contributed by atoms with Crippen molar-refractivity contribution in [2.24, 2.45) is 5.73 Å². The fraction of sp³-hybridized carbons (Fsp3) is 0.533. The second-order valence-electron chi connectivity index (χ2n) is 5.49. The number of hydrogen-bond acceptors (Lipinski definition) is 2. The fourth-order valence-corrected chi connectivity index (χ4v) is 3.20. The summed E-state index contributed by atoms with van der Waals surface area (Å²) in [5.41, 5.74) is 5.98. The number of halogens is 3. The number of alkyl halides is 3. The largest absolute Gasteiger partial charge is 0.416 e. The number of nitrogens with two attached hydrogens (primary N) is 1. The van der Waals surface area contributed by atoms with Crippen molar-refractivity contribution in [3.63, 3.8) is 0 Å². The highest BCUT2D eigenvalue weighted by atomic mass is 32.1. The molecule has 2 unspecified atom stereocenters. The van der Waals surface area contributed by atoms with E-state index in [0.29, 0.717) is 17.3 Å². The molecule has 1 aliphatic heterocycles. The Morgan fingerprint density at radius 1 is 1.38 bits per heavy atom. The van der Waals surface area contributed by atoms with Gasteiger partial charge in [0.2, 0.25) is 0 Å². The van der Waals surface area contributed by atoms with Crippen molar-refractivity contribution in [1.82, 2.24) is 0 Å². The SMILES string of the molecule is CCC1CCC(C)N1c1ccc(C(F)(F)F)cc1C(N)=S. The normalized spacial score (nSPS) is 22.6. The summed E-state index contributed by atoms with van der Waals surface area (Å²) in [5, 5.41) is 0. The van der Waals surface area contributed by atoms with Gasteiger partial charge in [0.1, 0.15) is 4.99 Å². The molecule has 0 aliphatic carbocycles. The molecule has 0 aromatic heterocycles. The van der Waals surface area contributed by atoms with E-state index in [9.17, 15) is 13.2 Å². The van der Waals surface area contributed by atoms with Gasteiger partial charge >= 0.3 is 6.18 Å². The van der Waals surface area contributed by atoms with Crippen LogP contribution in [-0.2, 0) is 6.18 Å². The molecule has 116 valence electrons. The highest BCUT2D eigenvalue weighted by Gasteiger charge is 2.34. The Morgan fingerprint density at radius 2 is 2.05 bits per heavy atom. The summed E-state index contributed by atoms with van der Waals surface area (Å²) in [5.74, 6) is 0. The summed E-state index contributed by atoms with van der Waals surface area (Å²) < 4.78 is 38.6. The molecule has 1 fully saturated rings. The number of rotatable bonds is 3. The molecule has 0 spiro atoms. The molecule has 2 nitrogen and oxygen atoms in total. The van der Waals surface area contributed by atoms with Crippen LogP contribution in [0.25, 0.3) is 0 Å². The Labute approximate surface area is 128 Å². The molecule has 21 heavy (non-hydrogen) atoms. The molecule has 0 bridgehead atoms. The van der Waals surface area contributed by atoms with E-state index in [1.165, 1.54) is 6.07 Å². The third kappa shape index (κ3) is 3.15. The summed E-state index contributed by atoms with van der Waals surface area (Å²) >= 11 is 4.96. The van der Waals surface area contributed by atoms with Crippen molar-refractivity contribution in [2.45, 2.75) is 51.4 Å². The first-order valence-electron chi connectivity index (χ1n) is 7.05. The van der Waals surface area contributed by atoms with Crippen LogP contribution in [0.3, 0.4) is 0 Å². The van der Waals surface area contributed by atoms with Gasteiger partial charge in [0.05, 0.1) is 5.56 Å². The molecule has 6 heteroatoms. The Balaban J connectivity index is 2.51. The first kappa shape index (κ1) is 16.1. The number of anilines is 1. The average molecular weight is 316 g/mol. The van der Waals surface area contributed by atoms with E-state index in [1.807, 2.05) is 0 Å². The maximum Gasteiger partial charge on any atom is 0.416 e. The first-order valence-corrected chi connectivity index (χ1v) is 7.46. The van der Waals surface area contributed by atoms with Crippen LogP contribution in [0.4, 0.5) is 18.9 Å². The predicted octanol–water partition coefficient (Wildman–Crippen LogP) is 4.11. The van der Waals surface area contributed by atoms with Gasteiger partial charge in [0, 0.05) is 23.3 Å². The highest BCUT2D eigenvalue weighted by molar-refractivity contribution is 7.80. The maximum atomic E-state index is 12.9. The van der Waals surface area contributed by atoms with Crippen LogP contribution in [0.2, 0.25) is 0 Å². The molecule has 0 radical (unpaired) electrons. The van der Waals surface area contributed by atoms with E-state index in [0.717, 1.165) is 31.4 Å². The maximum absolute atomic E-state index is 12.9. The Bertz CT molecular complexity index is 542. The lowest BCUT2D eigenvalue weighted by molar-refractivity contribution is -0.137. The lowest BCUT2D eigenvalue weighted by Crippen LogP contribution is -2.35. The zero-order chi connectivity index (χ0) is 15.8. The van der Waals surface area contributed by atoms with Gasteiger partial charge in [-0.2, -0.15) is 13.2 Å². The molecule has 1 aromatic carbocycles. The van der Waals surface area contributed by atoms with E-state index in [4.69, 9.17) is 18.0 Å². The molecular formula is C15H19F3N2S. The third-order valence-corrected chi connectivity index (χ3v) is 4.34. The second kappa shape index (κ2) is 5.83. The van der Waals surface area contributed by atoms with E-state index < -0.39 is 11.7 Å². The van der Waals surface area contributed by atoms with Gasteiger partial charge in [-0.15, -0.1) is 0 Å². The molecular weight excluding hydrogens is 297 g/mol. The standard InChI is InChI=1S/C15H19F3N2S/c1-3-11-6-4-9(2)20(11)13-7-5-10(15(16,17)18)8-12(13)14(19)21/h5,7-9,11H,3-4,6H2,1-2H3,(H2,19,21). The topological polar surface area (TPSA) is 29.3 Å². The van der Waals surface area contributed by atoms with Gasteiger partial charge in [-0.3, -0.25) is 0 Å². The van der Waals surface area contributed by atoms with Crippen LogP contribution < -0.4 is 10.6 Å². The predicted molar refractivity (Wildman–Crippen MR) is 82.6 cm³/mol. The van der Waals surface area contributed by atoms with Crippen LogP contribution in [0.15, 0.2) is 18.2 Å². The van der Waals surface area contributed by atoms with Gasteiger partial charge in [-0.1, -0.05) is 19.1 Å². The van der Waals surface area contributed by atoms with Gasteiger partial charge in [0.25, 0.3) is 0 Å². The van der Waals surface area contributed by atoms with Crippen LogP contribution in [0, 0.1) is 0 Å². The van der Waals surface area contributed by atoms with Gasteiger partial charge in [0.15, 0.2) is 0 Å². The summed E-state index contributed by atoms with van der Waals surface area (Å²) in [6.45, 7) is 4.16. The summed E-state index contributed by atoms with van der Waals surface area (Å²) in [4.78, 5) is 2.17. The lowest BCUT2D eigenvalue weighted by Gasteiger charge is -2.32. The summed E-state index contributed by atoms with van der Waals surface area (Å²) in [7, 11) is 0. The van der Waals surface area contributed by atoms with Crippen molar-refractivity contribution < 1.29 is 13.2 Å². The Morgan fingerprint density at radius 3 is 2.57 bits per heavy atom. The quantitative estimate of drug-likeness (QED) is 0.851. The molecule has 0 amide bonds. The number of benzene rings is 1. The van der Waals surface area contributed by atoms with Gasteiger partial charge < -0.3 is 10.6 Å². The molecule has 1 aliphatic rings. The van der Waals surface area contributed by atoms with Crippen molar-refractivity contribution in [3.8, 4) is 0 Å². The van der Waals surface area contributed by atoms with Crippen molar-refractivity contribution in [2.75, 3.05) is 4.90 Å². The van der Waals surface area contributed by atoms with E-state index in [-0.39, 0.29) is 11.0 Å². The van der Waals surface area contributed by atoms with E-state index >= 15 is 0 Å². The minimum Gasteiger partial charge on any atom is -0.389 e.